The van der Waals surface area contributed by atoms with E-state index >= 15 is 0 Å². The molecule has 1 saturated carbocycles. The number of aliphatic carboxylic acids is 1. The molecule has 6 heteroatoms. The molecular weight excluding hydrogens is 330 g/mol. The Labute approximate surface area is 124 Å². The van der Waals surface area contributed by atoms with Crippen LogP contribution in [0.1, 0.15) is 30.6 Å². The normalized spacial score (nSPS) is 23.0. The molecule has 0 unspecified atom stereocenters. The summed E-state index contributed by atoms with van der Waals surface area (Å²) in [6, 6.07) is 1.99. The van der Waals surface area contributed by atoms with Crippen molar-refractivity contribution >= 4 is 39.1 Å². The predicted molar refractivity (Wildman–Crippen MR) is 76.9 cm³/mol. The van der Waals surface area contributed by atoms with E-state index in [0.717, 1.165) is 9.35 Å². The molecule has 2 N–H and O–H groups in total. The molecule has 1 amide bonds. The molecule has 0 atom stereocenters. The minimum absolute atomic E-state index is 0.0287. The lowest BCUT2D eigenvalue weighted by atomic mass is 9.81. The lowest BCUT2D eigenvalue weighted by Crippen LogP contribution is -2.33. The van der Waals surface area contributed by atoms with Crippen molar-refractivity contribution in [3.05, 3.63) is 20.8 Å². The fourth-order valence-corrected chi connectivity index (χ4v) is 3.76. The Morgan fingerprint density at radius 3 is 2.47 bits per heavy atom. The van der Waals surface area contributed by atoms with E-state index in [1.54, 1.807) is 11.3 Å². The van der Waals surface area contributed by atoms with E-state index < -0.39 is 5.97 Å². The summed E-state index contributed by atoms with van der Waals surface area (Å²) in [5.41, 5.74) is 0. The summed E-state index contributed by atoms with van der Waals surface area (Å²) in [6.07, 6.45) is 2.57. The zero-order valence-corrected chi connectivity index (χ0v) is 12.8. The van der Waals surface area contributed by atoms with Crippen LogP contribution in [0.5, 0.6) is 0 Å². The maximum Gasteiger partial charge on any atom is 0.306 e. The van der Waals surface area contributed by atoms with Gasteiger partial charge in [-0.2, -0.15) is 0 Å². The molecule has 2 rings (SSSR count). The minimum Gasteiger partial charge on any atom is -0.481 e. The summed E-state index contributed by atoms with van der Waals surface area (Å²) in [4.78, 5) is 23.9. The summed E-state index contributed by atoms with van der Waals surface area (Å²) >= 11 is 4.98. The van der Waals surface area contributed by atoms with E-state index in [-0.39, 0.29) is 17.7 Å². The number of carbonyl (C=O) groups excluding carboxylic acids is 1. The average molecular weight is 346 g/mol. The van der Waals surface area contributed by atoms with E-state index in [1.165, 1.54) is 0 Å². The van der Waals surface area contributed by atoms with Crippen LogP contribution in [0.3, 0.4) is 0 Å². The monoisotopic (exact) mass is 345 g/mol. The van der Waals surface area contributed by atoms with Gasteiger partial charge in [0.25, 0.3) is 0 Å². The van der Waals surface area contributed by atoms with Gasteiger partial charge >= 0.3 is 5.97 Å². The Morgan fingerprint density at radius 1 is 1.32 bits per heavy atom. The van der Waals surface area contributed by atoms with E-state index in [9.17, 15) is 9.59 Å². The standard InChI is InChI=1S/C13H16BrNO3S/c14-10-5-11(19-7-10)6-15-12(16)8-1-3-9(4-2-8)13(17)18/h5,7-9H,1-4,6H2,(H,15,16)(H,17,18). The zero-order valence-electron chi connectivity index (χ0n) is 10.4. The third-order valence-electron chi connectivity index (χ3n) is 3.51. The molecular formula is C13H16BrNO3S. The second-order valence-corrected chi connectivity index (χ2v) is 6.75. The largest absolute Gasteiger partial charge is 0.481 e. The molecule has 0 radical (unpaired) electrons. The van der Waals surface area contributed by atoms with Crippen LogP contribution in [0.25, 0.3) is 0 Å². The van der Waals surface area contributed by atoms with Crippen molar-refractivity contribution in [1.29, 1.82) is 0 Å². The fourth-order valence-electron chi connectivity index (χ4n) is 2.37. The molecule has 19 heavy (non-hydrogen) atoms. The van der Waals surface area contributed by atoms with Gasteiger partial charge in [0.1, 0.15) is 0 Å². The van der Waals surface area contributed by atoms with E-state index in [2.05, 4.69) is 21.2 Å². The summed E-state index contributed by atoms with van der Waals surface area (Å²) in [6.45, 7) is 0.550. The summed E-state index contributed by atoms with van der Waals surface area (Å²) in [5, 5.41) is 13.8. The molecule has 4 nitrogen and oxygen atoms in total. The number of carboxylic acids is 1. The molecule has 0 spiro atoms. The highest BCUT2D eigenvalue weighted by Crippen LogP contribution is 2.29. The maximum absolute atomic E-state index is 12.0. The first-order valence-electron chi connectivity index (χ1n) is 6.29. The molecule has 0 aromatic carbocycles. The predicted octanol–water partition coefficient (Wildman–Crippen LogP) is 3.02. The van der Waals surface area contributed by atoms with Crippen LogP contribution in [-0.2, 0) is 16.1 Å². The highest BCUT2D eigenvalue weighted by Gasteiger charge is 2.29. The Hall–Kier alpha value is -0.880. The van der Waals surface area contributed by atoms with Crippen molar-refractivity contribution in [1.82, 2.24) is 5.32 Å². The molecule has 1 aliphatic carbocycles. The van der Waals surface area contributed by atoms with Crippen molar-refractivity contribution < 1.29 is 14.7 Å². The van der Waals surface area contributed by atoms with Gasteiger partial charge in [0.05, 0.1) is 12.5 Å². The van der Waals surface area contributed by atoms with E-state index in [4.69, 9.17) is 5.11 Å². The molecule has 1 aliphatic rings. The van der Waals surface area contributed by atoms with Crippen LogP contribution in [0.2, 0.25) is 0 Å². The first kappa shape index (κ1) is 14.5. The number of carbonyl (C=O) groups is 2. The highest BCUT2D eigenvalue weighted by molar-refractivity contribution is 9.10. The van der Waals surface area contributed by atoms with Gasteiger partial charge in [-0.15, -0.1) is 11.3 Å². The summed E-state index contributed by atoms with van der Waals surface area (Å²) in [7, 11) is 0. The van der Waals surface area contributed by atoms with Gasteiger partial charge in [-0.1, -0.05) is 0 Å². The Balaban J connectivity index is 1.77. The van der Waals surface area contributed by atoms with E-state index in [0.29, 0.717) is 32.2 Å². The van der Waals surface area contributed by atoms with Crippen molar-refractivity contribution in [2.24, 2.45) is 11.8 Å². The topological polar surface area (TPSA) is 66.4 Å². The number of rotatable bonds is 4. The van der Waals surface area contributed by atoms with Gasteiger partial charge < -0.3 is 10.4 Å². The third-order valence-corrected chi connectivity index (χ3v) is 5.20. The quantitative estimate of drug-likeness (QED) is 0.881. The van der Waals surface area contributed by atoms with Gasteiger partial charge in [-0.3, -0.25) is 9.59 Å². The summed E-state index contributed by atoms with van der Waals surface area (Å²) in [5.74, 6) is -0.980. The summed E-state index contributed by atoms with van der Waals surface area (Å²) < 4.78 is 1.03. The number of nitrogens with one attached hydrogen (secondary N) is 1. The number of thiophene rings is 1. The van der Waals surface area contributed by atoms with Gasteiger partial charge in [-0.05, 0) is 47.7 Å². The average Bonchev–Trinajstić information content (AvgIpc) is 2.82. The number of halogens is 1. The fraction of sp³-hybridized carbons (Fsp3) is 0.538. The van der Waals surface area contributed by atoms with E-state index in [1.807, 2.05) is 11.4 Å². The zero-order chi connectivity index (χ0) is 13.8. The first-order valence-corrected chi connectivity index (χ1v) is 7.97. The van der Waals surface area contributed by atoms with Gasteiger partial charge in [0.15, 0.2) is 0 Å². The molecule has 1 aromatic heterocycles. The van der Waals surface area contributed by atoms with Crippen LogP contribution >= 0.6 is 27.3 Å². The van der Waals surface area contributed by atoms with Crippen molar-refractivity contribution in [2.45, 2.75) is 32.2 Å². The Kier molecular flexibility index (Phi) is 4.99. The third kappa shape index (κ3) is 4.04. The highest BCUT2D eigenvalue weighted by atomic mass is 79.9. The van der Waals surface area contributed by atoms with Crippen LogP contribution < -0.4 is 5.32 Å². The Morgan fingerprint density at radius 2 is 1.95 bits per heavy atom. The molecule has 1 heterocycles. The Bertz CT molecular complexity index is 466. The molecule has 0 bridgehead atoms. The SMILES string of the molecule is O=C(O)C1CCC(C(=O)NCc2cc(Br)cs2)CC1. The minimum atomic E-state index is -0.734. The lowest BCUT2D eigenvalue weighted by molar-refractivity contribution is -0.144. The number of hydrogen-bond acceptors (Lipinski definition) is 3. The van der Waals surface area contributed by atoms with Crippen LogP contribution in [0, 0.1) is 11.8 Å². The van der Waals surface area contributed by atoms with Crippen LogP contribution in [0.4, 0.5) is 0 Å². The van der Waals surface area contributed by atoms with Crippen LogP contribution in [-0.4, -0.2) is 17.0 Å². The number of amides is 1. The molecule has 104 valence electrons. The second-order valence-electron chi connectivity index (χ2n) is 4.84. The number of hydrogen-bond donors (Lipinski definition) is 2. The second kappa shape index (κ2) is 6.52. The first-order chi connectivity index (χ1) is 9.06. The smallest absolute Gasteiger partial charge is 0.306 e. The molecule has 1 aromatic rings. The number of carboxylic acid groups (broad SMARTS) is 1. The van der Waals surface area contributed by atoms with Crippen molar-refractivity contribution in [2.75, 3.05) is 0 Å². The van der Waals surface area contributed by atoms with Gasteiger partial charge in [-0.25, -0.2) is 0 Å². The van der Waals surface area contributed by atoms with Crippen molar-refractivity contribution in [3.8, 4) is 0 Å². The molecule has 1 fully saturated rings. The molecule has 0 aliphatic heterocycles. The van der Waals surface area contributed by atoms with Gasteiger partial charge in [0, 0.05) is 20.6 Å². The molecule has 0 saturated heterocycles. The van der Waals surface area contributed by atoms with Crippen molar-refractivity contribution in [3.63, 3.8) is 0 Å². The lowest BCUT2D eigenvalue weighted by Gasteiger charge is -2.25. The van der Waals surface area contributed by atoms with Crippen LogP contribution in [0.15, 0.2) is 15.9 Å². The van der Waals surface area contributed by atoms with Gasteiger partial charge in [0.2, 0.25) is 5.91 Å². The maximum atomic E-state index is 12.0.